The van der Waals surface area contributed by atoms with Crippen LogP contribution in [0.15, 0.2) is 18.2 Å². The van der Waals surface area contributed by atoms with Crippen molar-refractivity contribution in [2.24, 2.45) is 5.73 Å². The molecular weight excluding hydrogens is 237 g/mol. The molecule has 2 rings (SSSR count). The minimum atomic E-state index is -4.58. The van der Waals surface area contributed by atoms with Crippen LogP contribution in [0.3, 0.4) is 0 Å². The molecule has 0 amide bonds. The van der Waals surface area contributed by atoms with Crippen molar-refractivity contribution in [3.05, 3.63) is 39.4 Å². The zero-order valence-electron chi connectivity index (χ0n) is 8.57. The highest BCUT2D eigenvalue weighted by atomic mass is 19.4. The minimum absolute atomic E-state index is 0.196. The molecule has 0 spiro atoms. The van der Waals surface area contributed by atoms with Gasteiger partial charge in [-0.15, -0.1) is 0 Å². The molecule has 0 radical (unpaired) electrons. The van der Waals surface area contributed by atoms with Crippen molar-refractivity contribution in [2.45, 2.75) is 24.6 Å². The van der Waals surface area contributed by atoms with Crippen LogP contribution in [0.25, 0.3) is 0 Å². The number of nitro groups is 1. The van der Waals surface area contributed by atoms with Gasteiger partial charge >= 0.3 is 6.18 Å². The Morgan fingerprint density at radius 1 is 1.35 bits per heavy atom. The van der Waals surface area contributed by atoms with Gasteiger partial charge in [0.15, 0.2) is 0 Å². The second kappa shape index (κ2) is 3.69. The number of nitrogens with zero attached hydrogens (tertiary/aromatic N) is 1. The van der Waals surface area contributed by atoms with E-state index >= 15 is 0 Å². The van der Waals surface area contributed by atoms with E-state index in [9.17, 15) is 23.3 Å². The molecule has 2 atom stereocenters. The Kier molecular flexibility index (Phi) is 2.57. The molecule has 0 aromatic heterocycles. The van der Waals surface area contributed by atoms with Crippen molar-refractivity contribution >= 4 is 5.69 Å². The van der Waals surface area contributed by atoms with Crippen LogP contribution in [0.1, 0.15) is 23.5 Å². The lowest BCUT2D eigenvalue weighted by molar-refractivity contribution is -0.385. The van der Waals surface area contributed by atoms with Crippen LogP contribution >= 0.6 is 0 Å². The van der Waals surface area contributed by atoms with Crippen LogP contribution in [0.4, 0.5) is 18.9 Å². The highest BCUT2D eigenvalue weighted by Gasteiger charge is 2.39. The summed E-state index contributed by atoms with van der Waals surface area (Å²) >= 11 is 0. The van der Waals surface area contributed by atoms with E-state index in [2.05, 4.69) is 0 Å². The fourth-order valence-corrected chi connectivity index (χ4v) is 1.72. The summed E-state index contributed by atoms with van der Waals surface area (Å²) in [5.74, 6) is -0.198. The third-order valence-electron chi connectivity index (χ3n) is 2.75. The summed E-state index contributed by atoms with van der Waals surface area (Å²) in [5, 5.41) is 10.6. The predicted molar refractivity (Wildman–Crippen MR) is 53.4 cm³/mol. The Morgan fingerprint density at radius 3 is 2.35 bits per heavy atom. The summed E-state index contributed by atoms with van der Waals surface area (Å²) < 4.78 is 37.6. The van der Waals surface area contributed by atoms with Crippen molar-refractivity contribution in [2.75, 3.05) is 0 Å². The van der Waals surface area contributed by atoms with E-state index in [0.29, 0.717) is 18.1 Å². The first-order valence-corrected chi connectivity index (χ1v) is 4.91. The van der Waals surface area contributed by atoms with Gasteiger partial charge in [-0.25, -0.2) is 0 Å². The molecule has 1 aromatic rings. The maximum Gasteiger partial charge on any atom is 0.416 e. The first-order valence-electron chi connectivity index (χ1n) is 4.91. The van der Waals surface area contributed by atoms with Gasteiger partial charge in [0, 0.05) is 24.1 Å². The van der Waals surface area contributed by atoms with Crippen LogP contribution in [0, 0.1) is 10.1 Å². The molecule has 7 heteroatoms. The summed E-state index contributed by atoms with van der Waals surface area (Å²) in [5.41, 5.74) is 4.28. The lowest BCUT2D eigenvalue weighted by Gasteiger charge is -2.08. The highest BCUT2D eigenvalue weighted by Crippen LogP contribution is 2.42. The minimum Gasteiger partial charge on any atom is -0.327 e. The normalized spacial score (nSPS) is 23.5. The number of benzene rings is 1. The molecule has 17 heavy (non-hydrogen) atoms. The van der Waals surface area contributed by atoms with Gasteiger partial charge in [-0.2, -0.15) is 13.2 Å². The van der Waals surface area contributed by atoms with E-state index in [4.69, 9.17) is 5.73 Å². The van der Waals surface area contributed by atoms with Crippen LogP contribution < -0.4 is 5.73 Å². The standard InChI is InChI=1S/C10H9F3N2O2/c11-10(12,13)6-1-5(8-4-9(8)14)2-7(3-6)15(16)17/h1-3,8-9H,4,14H2. The van der Waals surface area contributed by atoms with Crippen LogP contribution in [-0.2, 0) is 6.18 Å². The smallest absolute Gasteiger partial charge is 0.327 e. The molecule has 2 N–H and O–H groups in total. The first-order chi connectivity index (χ1) is 7.79. The average molecular weight is 246 g/mol. The van der Waals surface area contributed by atoms with E-state index in [1.807, 2.05) is 0 Å². The molecule has 1 aliphatic carbocycles. The zero-order chi connectivity index (χ0) is 12.8. The van der Waals surface area contributed by atoms with E-state index in [1.54, 1.807) is 0 Å². The third kappa shape index (κ3) is 2.38. The van der Waals surface area contributed by atoms with Gasteiger partial charge in [0.1, 0.15) is 0 Å². The Morgan fingerprint density at radius 2 is 1.94 bits per heavy atom. The number of non-ortho nitro benzene ring substituents is 1. The summed E-state index contributed by atoms with van der Waals surface area (Å²) in [6.07, 6.45) is -4.02. The molecule has 4 nitrogen and oxygen atoms in total. The molecule has 0 heterocycles. The number of nitro benzene ring substituents is 1. The number of rotatable bonds is 2. The Bertz CT molecular complexity index is 473. The molecule has 1 saturated carbocycles. The van der Waals surface area contributed by atoms with Crippen molar-refractivity contribution in [3.8, 4) is 0 Å². The number of nitrogens with two attached hydrogens (primary N) is 1. The molecule has 2 unspecified atom stereocenters. The predicted octanol–water partition coefficient (Wildman–Crippen LogP) is 2.43. The number of halogens is 3. The monoisotopic (exact) mass is 246 g/mol. The van der Waals surface area contributed by atoms with E-state index < -0.39 is 22.4 Å². The van der Waals surface area contributed by atoms with Gasteiger partial charge in [-0.1, -0.05) is 0 Å². The molecule has 1 aliphatic rings. The van der Waals surface area contributed by atoms with Crippen LogP contribution in [0.5, 0.6) is 0 Å². The SMILES string of the molecule is NC1CC1c1cc([N+](=O)[O-])cc(C(F)(F)F)c1. The van der Waals surface area contributed by atoms with Gasteiger partial charge in [0.05, 0.1) is 10.5 Å². The average Bonchev–Trinajstić information content (AvgIpc) is 2.93. The summed E-state index contributed by atoms with van der Waals surface area (Å²) in [6, 6.07) is 2.44. The third-order valence-corrected chi connectivity index (χ3v) is 2.75. The highest BCUT2D eigenvalue weighted by molar-refractivity contribution is 5.44. The van der Waals surface area contributed by atoms with Gasteiger partial charge in [-0.3, -0.25) is 10.1 Å². The van der Waals surface area contributed by atoms with E-state index in [1.165, 1.54) is 0 Å². The van der Waals surface area contributed by atoms with Crippen LogP contribution in [0.2, 0.25) is 0 Å². The van der Waals surface area contributed by atoms with Crippen molar-refractivity contribution in [1.29, 1.82) is 0 Å². The maximum atomic E-state index is 12.5. The first kappa shape index (κ1) is 11.8. The quantitative estimate of drug-likeness (QED) is 0.643. The van der Waals surface area contributed by atoms with E-state index in [-0.39, 0.29) is 12.0 Å². The van der Waals surface area contributed by atoms with Gasteiger partial charge in [-0.05, 0) is 18.1 Å². The number of hydrogen-bond donors (Lipinski definition) is 1. The van der Waals surface area contributed by atoms with Gasteiger partial charge < -0.3 is 5.73 Å². The maximum absolute atomic E-state index is 12.5. The molecular formula is C10H9F3N2O2. The zero-order valence-corrected chi connectivity index (χ0v) is 8.57. The fourth-order valence-electron chi connectivity index (χ4n) is 1.72. The topological polar surface area (TPSA) is 69.2 Å². The Hall–Kier alpha value is -1.63. The molecule has 0 bridgehead atoms. The van der Waals surface area contributed by atoms with Gasteiger partial charge in [0.25, 0.3) is 5.69 Å². The Balaban J connectivity index is 2.47. The van der Waals surface area contributed by atoms with Crippen molar-refractivity contribution < 1.29 is 18.1 Å². The second-order valence-electron chi connectivity index (χ2n) is 4.07. The number of alkyl halides is 3. The van der Waals surface area contributed by atoms with Crippen molar-refractivity contribution in [1.82, 2.24) is 0 Å². The summed E-state index contributed by atoms with van der Waals surface area (Å²) in [6.45, 7) is 0. The summed E-state index contributed by atoms with van der Waals surface area (Å²) in [4.78, 5) is 9.74. The molecule has 1 fully saturated rings. The van der Waals surface area contributed by atoms with Crippen molar-refractivity contribution in [3.63, 3.8) is 0 Å². The van der Waals surface area contributed by atoms with E-state index in [0.717, 1.165) is 12.1 Å². The lowest BCUT2D eigenvalue weighted by atomic mass is 10.0. The summed E-state index contributed by atoms with van der Waals surface area (Å²) in [7, 11) is 0. The molecule has 1 aromatic carbocycles. The second-order valence-corrected chi connectivity index (χ2v) is 4.07. The lowest BCUT2D eigenvalue weighted by Crippen LogP contribution is -2.08. The number of hydrogen-bond acceptors (Lipinski definition) is 3. The molecule has 0 aliphatic heterocycles. The van der Waals surface area contributed by atoms with Crippen LogP contribution in [-0.4, -0.2) is 11.0 Å². The Labute approximate surface area is 94.4 Å². The molecule has 0 saturated heterocycles. The van der Waals surface area contributed by atoms with Gasteiger partial charge in [0.2, 0.25) is 0 Å². The fraction of sp³-hybridized carbons (Fsp3) is 0.400. The molecule has 92 valence electrons. The largest absolute Gasteiger partial charge is 0.416 e.